The van der Waals surface area contributed by atoms with Gasteiger partial charge >= 0.3 is 0 Å². The van der Waals surface area contributed by atoms with Crippen molar-refractivity contribution in [2.75, 3.05) is 17.4 Å². The van der Waals surface area contributed by atoms with Crippen molar-refractivity contribution in [2.24, 2.45) is 5.84 Å². The lowest BCUT2D eigenvalue weighted by Gasteiger charge is -2.22. The number of nitrogens with two attached hydrogens (primary N) is 1. The van der Waals surface area contributed by atoms with Crippen LogP contribution in [0.15, 0.2) is 18.2 Å². The monoisotopic (exact) mass is 271 g/mol. The van der Waals surface area contributed by atoms with E-state index in [4.69, 9.17) is 5.84 Å². The smallest absolute Gasteiger partial charge is 0.148 e. The molecule has 1 heterocycles. The molecule has 3 N–H and O–H groups in total. The number of anilines is 3. The maximum absolute atomic E-state index is 5.52. The van der Waals surface area contributed by atoms with E-state index in [2.05, 4.69) is 52.3 Å². The third-order valence-corrected chi connectivity index (χ3v) is 3.28. The zero-order valence-corrected chi connectivity index (χ0v) is 12.7. The summed E-state index contributed by atoms with van der Waals surface area (Å²) in [5.41, 5.74) is 7.12. The zero-order chi connectivity index (χ0) is 14.9. The Kier molecular flexibility index (Phi) is 3.90. The lowest BCUT2D eigenvalue weighted by Crippen LogP contribution is -2.18. The molecular formula is C15H21N5. The predicted octanol–water partition coefficient (Wildman–Crippen LogP) is 2.76. The number of hydrazine groups is 1. The Labute approximate surface area is 119 Å². The fourth-order valence-corrected chi connectivity index (χ4v) is 2.35. The topological polar surface area (TPSA) is 67.1 Å². The third-order valence-electron chi connectivity index (χ3n) is 3.28. The van der Waals surface area contributed by atoms with Gasteiger partial charge in [-0.25, -0.2) is 15.8 Å². The average molecular weight is 271 g/mol. The lowest BCUT2D eigenvalue weighted by atomic mass is 10.1. The van der Waals surface area contributed by atoms with E-state index in [1.54, 1.807) is 0 Å². The van der Waals surface area contributed by atoms with Gasteiger partial charge in [-0.05, 0) is 51.0 Å². The highest BCUT2D eigenvalue weighted by Gasteiger charge is 2.14. The summed E-state index contributed by atoms with van der Waals surface area (Å²) in [5.74, 6) is 7.72. The molecule has 0 aliphatic carbocycles. The number of rotatable bonds is 3. The summed E-state index contributed by atoms with van der Waals surface area (Å²) in [5, 5.41) is 0. The summed E-state index contributed by atoms with van der Waals surface area (Å²) < 4.78 is 0. The third kappa shape index (κ3) is 2.72. The Hall–Kier alpha value is -2.14. The van der Waals surface area contributed by atoms with Gasteiger partial charge in [0.15, 0.2) is 0 Å². The van der Waals surface area contributed by atoms with E-state index >= 15 is 0 Å². The number of aryl methyl sites for hydroxylation is 3. The van der Waals surface area contributed by atoms with Crippen molar-refractivity contribution in [3.05, 3.63) is 40.7 Å². The molecule has 20 heavy (non-hydrogen) atoms. The number of nitrogens with zero attached hydrogens (tertiary/aromatic N) is 3. The molecule has 0 fully saturated rings. The van der Waals surface area contributed by atoms with Crippen LogP contribution in [-0.4, -0.2) is 17.0 Å². The van der Waals surface area contributed by atoms with Crippen molar-refractivity contribution < 1.29 is 0 Å². The molecule has 2 rings (SSSR count). The first-order valence-corrected chi connectivity index (χ1v) is 6.56. The molecule has 0 amide bonds. The van der Waals surface area contributed by atoms with Crippen LogP contribution in [0, 0.1) is 27.7 Å². The molecule has 2 aromatic rings. The number of aromatic nitrogens is 2. The SMILES string of the molecule is Cc1cc(C)cc(N(C)c2nc(C)nc(NN)c2C)c1. The van der Waals surface area contributed by atoms with Crippen LogP contribution in [0.25, 0.3) is 0 Å². The predicted molar refractivity (Wildman–Crippen MR) is 83.3 cm³/mol. The van der Waals surface area contributed by atoms with Crippen LogP contribution in [-0.2, 0) is 0 Å². The van der Waals surface area contributed by atoms with Gasteiger partial charge in [0.2, 0.25) is 0 Å². The van der Waals surface area contributed by atoms with Gasteiger partial charge < -0.3 is 10.3 Å². The average Bonchev–Trinajstić information content (AvgIpc) is 2.39. The minimum absolute atomic E-state index is 0.656. The van der Waals surface area contributed by atoms with E-state index in [-0.39, 0.29) is 0 Å². The maximum atomic E-state index is 5.52. The van der Waals surface area contributed by atoms with E-state index in [1.807, 2.05) is 20.9 Å². The Morgan fingerprint density at radius 2 is 1.60 bits per heavy atom. The fraction of sp³-hybridized carbons (Fsp3) is 0.333. The number of hydrogen-bond acceptors (Lipinski definition) is 5. The standard InChI is InChI=1S/C15H21N5/c1-9-6-10(2)8-13(7-9)20(5)15-11(3)14(19-16)17-12(4)18-15/h6-8H,16H2,1-5H3,(H,17,18,19). The van der Waals surface area contributed by atoms with Crippen LogP contribution < -0.4 is 16.2 Å². The summed E-state index contributed by atoms with van der Waals surface area (Å²) in [6.07, 6.45) is 0. The van der Waals surface area contributed by atoms with E-state index in [0.717, 1.165) is 17.1 Å². The first-order chi connectivity index (χ1) is 9.42. The Morgan fingerprint density at radius 1 is 1.00 bits per heavy atom. The molecule has 1 aromatic carbocycles. The van der Waals surface area contributed by atoms with E-state index in [0.29, 0.717) is 11.6 Å². The molecule has 0 bridgehead atoms. The molecule has 0 unspecified atom stereocenters. The molecule has 5 nitrogen and oxygen atoms in total. The Morgan fingerprint density at radius 3 is 2.15 bits per heavy atom. The molecule has 0 saturated carbocycles. The van der Waals surface area contributed by atoms with Crippen molar-refractivity contribution in [2.45, 2.75) is 27.7 Å². The molecule has 0 atom stereocenters. The highest BCUT2D eigenvalue weighted by molar-refractivity contribution is 5.67. The number of nitrogens with one attached hydrogen (secondary N) is 1. The van der Waals surface area contributed by atoms with Gasteiger partial charge in [-0.15, -0.1) is 0 Å². The molecule has 0 radical (unpaired) electrons. The molecule has 5 heteroatoms. The molecule has 106 valence electrons. The summed E-state index contributed by atoms with van der Waals surface area (Å²) in [4.78, 5) is 10.9. The van der Waals surface area contributed by atoms with E-state index in [9.17, 15) is 0 Å². The van der Waals surface area contributed by atoms with Crippen LogP contribution in [0.4, 0.5) is 17.3 Å². The fourth-order valence-electron chi connectivity index (χ4n) is 2.35. The van der Waals surface area contributed by atoms with Gasteiger partial charge in [0.25, 0.3) is 0 Å². The normalized spacial score (nSPS) is 10.5. The lowest BCUT2D eigenvalue weighted by molar-refractivity contribution is 0.986. The van der Waals surface area contributed by atoms with Crippen LogP contribution in [0.3, 0.4) is 0 Å². The minimum atomic E-state index is 0.656. The Bertz CT molecular complexity index is 616. The van der Waals surface area contributed by atoms with Crippen LogP contribution in [0.5, 0.6) is 0 Å². The summed E-state index contributed by atoms with van der Waals surface area (Å²) in [7, 11) is 2.00. The summed E-state index contributed by atoms with van der Waals surface area (Å²) in [6.45, 7) is 8.01. The molecule has 0 aliphatic rings. The second-order valence-electron chi connectivity index (χ2n) is 5.12. The summed E-state index contributed by atoms with van der Waals surface area (Å²) >= 11 is 0. The first-order valence-electron chi connectivity index (χ1n) is 6.56. The summed E-state index contributed by atoms with van der Waals surface area (Å²) in [6, 6.07) is 6.43. The Balaban J connectivity index is 2.52. The zero-order valence-electron chi connectivity index (χ0n) is 12.7. The van der Waals surface area contributed by atoms with Crippen molar-refractivity contribution in [3.63, 3.8) is 0 Å². The second kappa shape index (κ2) is 5.46. The number of hydrogen-bond donors (Lipinski definition) is 2. The van der Waals surface area contributed by atoms with Crippen molar-refractivity contribution >= 4 is 17.3 Å². The van der Waals surface area contributed by atoms with Crippen LogP contribution >= 0.6 is 0 Å². The van der Waals surface area contributed by atoms with E-state index in [1.165, 1.54) is 11.1 Å². The van der Waals surface area contributed by atoms with Gasteiger partial charge in [0, 0.05) is 18.3 Å². The molecule has 0 saturated heterocycles. The highest BCUT2D eigenvalue weighted by atomic mass is 15.3. The largest absolute Gasteiger partial charge is 0.329 e. The highest BCUT2D eigenvalue weighted by Crippen LogP contribution is 2.29. The van der Waals surface area contributed by atoms with Gasteiger partial charge in [-0.2, -0.15) is 0 Å². The minimum Gasteiger partial charge on any atom is -0.329 e. The van der Waals surface area contributed by atoms with E-state index < -0.39 is 0 Å². The van der Waals surface area contributed by atoms with Gasteiger partial charge in [0.05, 0.1) is 0 Å². The molecule has 0 aliphatic heterocycles. The quantitative estimate of drug-likeness (QED) is 0.663. The number of benzene rings is 1. The van der Waals surface area contributed by atoms with Gasteiger partial charge in [-0.1, -0.05) is 6.07 Å². The van der Waals surface area contributed by atoms with Crippen LogP contribution in [0.1, 0.15) is 22.5 Å². The van der Waals surface area contributed by atoms with Crippen molar-refractivity contribution in [3.8, 4) is 0 Å². The molecule has 0 spiro atoms. The van der Waals surface area contributed by atoms with Crippen LogP contribution in [0.2, 0.25) is 0 Å². The van der Waals surface area contributed by atoms with Gasteiger partial charge in [-0.3, -0.25) is 0 Å². The maximum Gasteiger partial charge on any atom is 0.148 e. The molecular weight excluding hydrogens is 250 g/mol. The first kappa shape index (κ1) is 14.3. The number of nitrogen functional groups attached to an aromatic ring is 1. The van der Waals surface area contributed by atoms with Crippen molar-refractivity contribution in [1.82, 2.24) is 9.97 Å². The van der Waals surface area contributed by atoms with Crippen molar-refractivity contribution in [1.29, 1.82) is 0 Å². The molecule has 1 aromatic heterocycles. The second-order valence-corrected chi connectivity index (χ2v) is 5.12. The van der Waals surface area contributed by atoms with Gasteiger partial charge in [0.1, 0.15) is 17.5 Å².